The Kier molecular flexibility index (Phi) is 11.4. The lowest BCUT2D eigenvalue weighted by molar-refractivity contribution is 0.159. The standard InChI is InChI=1S/C41H53N5O2S2/c47-38-17-13-31(14-18-38)22-35-25-42-40(49)44(35)28-34-12-7-21-43(34)27-36(24-32-15-19-39(48)20-16-32)46-29-37(23-30-8-3-1-4-9-30)45(41(46)50)26-33-10-5-2-6-11-33/h1,3-4,8-9,13-20,33-37,47-48H,2,5-7,10-12,21-29H2,(H,42,49)/t34?,35-,36-,37-/m0/s1. The minimum absolute atomic E-state index is 0.221. The molecule has 266 valence electrons. The normalized spacial score (nSPS) is 23.9. The van der Waals surface area contributed by atoms with Gasteiger partial charge in [0.05, 0.1) is 12.1 Å². The van der Waals surface area contributed by atoms with E-state index in [4.69, 9.17) is 24.4 Å². The molecule has 4 atom stereocenters. The number of benzene rings is 3. The molecule has 3 aromatic rings. The highest BCUT2D eigenvalue weighted by Crippen LogP contribution is 2.32. The van der Waals surface area contributed by atoms with E-state index in [0.29, 0.717) is 35.5 Å². The Morgan fingerprint density at radius 1 is 0.680 bits per heavy atom. The van der Waals surface area contributed by atoms with Gasteiger partial charge in [0, 0.05) is 44.8 Å². The number of thiocarbonyl (C=S) groups is 2. The van der Waals surface area contributed by atoms with Crippen LogP contribution in [0.2, 0.25) is 0 Å². The van der Waals surface area contributed by atoms with Gasteiger partial charge in [-0.1, -0.05) is 73.9 Å². The van der Waals surface area contributed by atoms with E-state index in [9.17, 15) is 10.2 Å². The van der Waals surface area contributed by atoms with Gasteiger partial charge in [-0.05, 0) is 123 Å². The van der Waals surface area contributed by atoms with Crippen molar-refractivity contribution in [2.75, 3.05) is 39.3 Å². The largest absolute Gasteiger partial charge is 0.508 e. The summed E-state index contributed by atoms with van der Waals surface area (Å²) in [4.78, 5) is 10.3. The van der Waals surface area contributed by atoms with Gasteiger partial charge in [0.1, 0.15) is 11.5 Å². The van der Waals surface area contributed by atoms with E-state index >= 15 is 0 Å². The van der Waals surface area contributed by atoms with Crippen LogP contribution < -0.4 is 5.32 Å². The Labute approximate surface area is 309 Å². The first-order chi connectivity index (χ1) is 24.4. The van der Waals surface area contributed by atoms with Crippen molar-refractivity contribution in [3.63, 3.8) is 0 Å². The number of rotatable bonds is 13. The molecule has 4 aliphatic rings. The quantitative estimate of drug-likeness (QED) is 0.176. The van der Waals surface area contributed by atoms with Crippen LogP contribution in [0.4, 0.5) is 0 Å². The summed E-state index contributed by atoms with van der Waals surface area (Å²) in [5.74, 6) is 1.32. The molecule has 9 heteroatoms. The van der Waals surface area contributed by atoms with E-state index in [-0.39, 0.29) is 6.04 Å². The predicted octanol–water partition coefficient (Wildman–Crippen LogP) is 6.37. The highest BCUT2D eigenvalue weighted by molar-refractivity contribution is 7.80. The fraction of sp³-hybridized carbons (Fsp3) is 0.512. The van der Waals surface area contributed by atoms with Crippen LogP contribution in [-0.2, 0) is 19.3 Å². The molecule has 0 aromatic heterocycles. The molecule has 0 radical (unpaired) electrons. The van der Waals surface area contributed by atoms with Gasteiger partial charge in [0.2, 0.25) is 0 Å². The van der Waals surface area contributed by atoms with Gasteiger partial charge in [-0.2, -0.15) is 0 Å². The van der Waals surface area contributed by atoms with Crippen LogP contribution in [0.3, 0.4) is 0 Å². The van der Waals surface area contributed by atoms with Crippen molar-refractivity contribution in [2.45, 2.75) is 88.4 Å². The molecule has 3 heterocycles. The van der Waals surface area contributed by atoms with Gasteiger partial charge >= 0.3 is 0 Å². The highest BCUT2D eigenvalue weighted by Gasteiger charge is 2.41. The minimum Gasteiger partial charge on any atom is -0.508 e. The molecule has 3 aliphatic heterocycles. The molecule has 7 rings (SSSR count). The van der Waals surface area contributed by atoms with Gasteiger partial charge in [-0.25, -0.2) is 0 Å². The molecule has 50 heavy (non-hydrogen) atoms. The molecule has 3 saturated heterocycles. The van der Waals surface area contributed by atoms with Gasteiger partial charge in [-0.3, -0.25) is 4.90 Å². The fourth-order valence-corrected chi connectivity index (χ4v) is 9.64. The van der Waals surface area contributed by atoms with E-state index in [1.165, 1.54) is 55.2 Å². The molecule has 3 aromatic carbocycles. The second-order valence-corrected chi connectivity index (χ2v) is 15.9. The van der Waals surface area contributed by atoms with Crippen molar-refractivity contribution in [1.29, 1.82) is 0 Å². The molecule has 1 unspecified atom stereocenters. The number of phenolic OH excluding ortho intramolecular Hbond substituents is 2. The molecule has 7 nitrogen and oxygen atoms in total. The summed E-state index contributed by atoms with van der Waals surface area (Å²) >= 11 is 12.3. The number of nitrogens with one attached hydrogen (secondary N) is 1. The predicted molar refractivity (Wildman–Crippen MR) is 210 cm³/mol. The Morgan fingerprint density at radius 2 is 1.34 bits per heavy atom. The molecule has 4 fully saturated rings. The number of nitrogens with zero attached hydrogens (tertiary/aromatic N) is 4. The summed E-state index contributed by atoms with van der Waals surface area (Å²) in [6, 6.07) is 27.6. The summed E-state index contributed by atoms with van der Waals surface area (Å²) in [6.45, 7) is 5.78. The third-order valence-electron chi connectivity index (χ3n) is 11.6. The first kappa shape index (κ1) is 35.0. The van der Waals surface area contributed by atoms with Crippen LogP contribution in [-0.4, -0.2) is 103 Å². The molecule has 1 saturated carbocycles. The van der Waals surface area contributed by atoms with Crippen molar-refractivity contribution in [2.24, 2.45) is 5.92 Å². The van der Waals surface area contributed by atoms with Gasteiger partial charge in [0.25, 0.3) is 0 Å². The molecule has 0 amide bonds. The van der Waals surface area contributed by atoms with Gasteiger partial charge in [0.15, 0.2) is 10.2 Å². The lowest BCUT2D eigenvalue weighted by Gasteiger charge is -2.37. The third-order valence-corrected chi connectivity index (χ3v) is 12.5. The maximum absolute atomic E-state index is 10.1. The first-order valence-electron chi connectivity index (χ1n) is 18.8. The number of phenols is 2. The second-order valence-electron chi connectivity index (χ2n) is 15.1. The average Bonchev–Trinajstić information content (AvgIpc) is 3.81. The van der Waals surface area contributed by atoms with Crippen molar-refractivity contribution >= 4 is 34.7 Å². The van der Waals surface area contributed by atoms with Crippen LogP contribution >= 0.6 is 24.4 Å². The van der Waals surface area contributed by atoms with Crippen LogP contribution in [0.15, 0.2) is 78.9 Å². The van der Waals surface area contributed by atoms with Gasteiger partial charge in [-0.15, -0.1) is 0 Å². The van der Waals surface area contributed by atoms with Crippen LogP contribution in [0, 0.1) is 5.92 Å². The van der Waals surface area contributed by atoms with E-state index in [1.54, 1.807) is 12.1 Å². The zero-order valence-corrected chi connectivity index (χ0v) is 30.8. The van der Waals surface area contributed by atoms with Crippen molar-refractivity contribution in [3.05, 3.63) is 95.6 Å². The third kappa shape index (κ3) is 8.55. The van der Waals surface area contributed by atoms with Crippen LogP contribution in [0.25, 0.3) is 0 Å². The van der Waals surface area contributed by atoms with E-state index < -0.39 is 0 Å². The summed E-state index contributed by atoms with van der Waals surface area (Å²) in [7, 11) is 0. The van der Waals surface area contributed by atoms with E-state index in [2.05, 4.69) is 67.4 Å². The first-order valence-corrected chi connectivity index (χ1v) is 19.7. The molecule has 3 N–H and O–H groups in total. The summed E-state index contributed by atoms with van der Waals surface area (Å²) in [5.41, 5.74) is 3.82. The Balaban J connectivity index is 1.10. The Bertz CT molecular complexity index is 1570. The molecule has 0 bridgehead atoms. The van der Waals surface area contributed by atoms with E-state index in [1.807, 2.05) is 24.3 Å². The summed E-state index contributed by atoms with van der Waals surface area (Å²) < 4.78 is 0. The van der Waals surface area contributed by atoms with E-state index in [0.717, 1.165) is 75.2 Å². The smallest absolute Gasteiger partial charge is 0.172 e. The van der Waals surface area contributed by atoms with Crippen LogP contribution in [0.1, 0.15) is 61.6 Å². The lowest BCUT2D eigenvalue weighted by Crippen LogP contribution is -2.51. The maximum atomic E-state index is 10.1. The minimum atomic E-state index is 0.221. The zero-order chi connectivity index (χ0) is 34.5. The molecule has 1 aliphatic carbocycles. The van der Waals surface area contributed by atoms with Gasteiger partial charge < -0.3 is 30.2 Å². The Hall–Kier alpha value is -3.40. The summed E-state index contributed by atoms with van der Waals surface area (Å²) in [6.07, 6.45) is 11.8. The number of aromatic hydroxyl groups is 2. The molecular weight excluding hydrogens is 659 g/mol. The lowest BCUT2D eigenvalue weighted by atomic mass is 9.88. The van der Waals surface area contributed by atoms with Crippen molar-refractivity contribution < 1.29 is 10.2 Å². The average molecular weight is 712 g/mol. The number of likely N-dealkylation sites (tertiary alicyclic amines) is 1. The molecular formula is C41H53N5O2S2. The maximum Gasteiger partial charge on any atom is 0.172 e. The van der Waals surface area contributed by atoms with Crippen molar-refractivity contribution in [1.82, 2.24) is 24.9 Å². The Morgan fingerprint density at radius 3 is 2.06 bits per heavy atom. The zero-order valence-electron chi connectivity index (χ0n) is 29.2. The summed E-state index contributed by atoms with van der Waals surface area (Å²) in [5, 5.41) is 25.2. The SMILES string of the molecule is Oc1ccc(C[C@H]2CNC(=S)N2CC2CCCN2C[C@H](Cc2ccc(O)cc2)N2C[C@H](Cc3ccccc3)N(CC3CCCCC3)C2=S)cc1. The topological polar surface area (TPSA) is 65.5 Å². The monoisotopic (exact) mass is 711 g/mol. The fourth-order valence-electron chi connectivity index (χ4n) is 8.88. The van der Waals surface area contributed by atoms with Crippen LogP contribution in [0.5, 0.6) is 11.5 Å². The number of hydrogen-bond acceptors (Lipinski definition) is 5. The second kappa shape index (κ2) is 16.3. The van der Waals surface area contributed by atoms with Crippen molar-refractivity contribution in [3.8, 4) is 11.5 Å². The molecule has 0 spiro atoms. The number of hydrogen-bond donors (Lipinski definition) is 3. The highest BCUT2D eigenvalue weighted by atomic mass is 32.1.